The van der Waals surface area contributed by atoms with Gasteiger partial charge in [0, 0.05) is 31.4 Å². The van der Waals surface area contributed by atoms with Crippen molar-refractivity contribution in [3.8, 4) is 0 Å². The minimum Gasteiger partial charge on any atom is -0.337 e. The second-order valence-corrected chi connectivity index (χ2v) is 7.08. The Kier molecular flexibility index (Phi) is 4.80. The molecule has 3 aromatic rings. The van der Waals surface area contributed by atoms with Crippen LogP contribution in [0, 0.1) is 5.92 Å². The molecule has 0 spiro atoms. The number of thiazole rings is 1. The van der Waals surface area contributed by atoms with Gasteiger partial charge in [0.05, 0.1) is 10.2 Å². The first-order chi connectivity index (χ1) is 11.5. The second-order valence-electron chi connectivity index (χ2n) is 6.05. The fraction of sp³-hybridized carbons (Fsp3) is 0.353. The van der Waals surface area contributed by atoms with Gasteiger partial charge in [0.25, 0.3) is 0 Å². The molecule has 0 bridgehead atoms. The van der Waals surface area contributed by atoms with Gasteiger partial charge in [0.2, 0.25) is 0 Å². The lowest BCUT2D eigenvalue weighted by Crippen LogP contribution is -2.34. The molecule has 2 N–H and O–H groups in total. The summed E-state index contributed by atoms with van der Waals surface area (Å²) in [7, 11) is 1.92. The summed E-state index contributed by atoms with van der Waals surface area (Å²) in [5.74, 6) is 0.599. The topological polar surface area (TPSA) is 71.8 Å². The molecule has 0 saturated carbocycles. The zero-order valence-corrected chi connectivity index (χ0v) is 14.8. The summed E-state index contributed by atoms with van der Waals surface area (Å²) in [6.07, 6.45) is 1.78. The Bertz CT molecular complexity index is 805. The lowest BCUT2D eigenvalue weighted by Gasteiger charge is -2.21. The summed E-state index contributed by atoms with van der Waals surface area (Å²) >= 11 is 1.47. The van der Waals surface area contributed by atoms with Gasteiger partial charge in [-0.25, -0.2) is 9.78 Å². The summed E-state index contributed by atoms with van der Waals surface area (Å²) in [5.41, 5.74) is 2.01. The molecular weight excluding hydrogens is 322 g/mol. The number of hydrogen-bond donors (Lipinski definition) is 2. The molecule has 1 aromatic carbocycles. The van der Waals surface area contributed by atoms with Crippen LogP contribution < -0.4 is 10.6 Å². The van der Waals surface area contributed by atoms with E-state index >= 15 is 0 Å². The lowest BCUT2D eigenvalue weighted by atomic mass is 9.92. The zero-order valence-electron chi connectivity index (χ0n) is 14.0. The van der Waals surface area contributed by atoms with Gasteiger partial charge in [-0.05, 0) is 24.1 Å². The van der Waals surface area contributed by atoms with Crippen molar-refractivity contribution in [1.29, 1.82) is 0 Å². The molecule has 0 aliphatic carbocycles. The zero-order chi connectivity index (χ0) is 17.1. The first-order valence-electron chi connectivity index (χ1n) is 7.93. The Balaban J connectivity index is 1.62. The van der Waals surface area contributed by atoms with E-state index in [4.69, 9.17) is 0 Å². The number of amides is 2. The van der Waals surface area contributed by atoms with Gasteiger partial charge >= 0.3 is 6.03 Å². The van der Waals surface area contributed by atoms with Crippen LogP contribution in [0.25, 0.3) is 10.2 Å². The van der Waals surface area contributed by atoms with Crippen LogP contribution in [0.5, 0.6) is 0 Å². The number of carbonyl (C=O) groups is 1. The van der Waals surface area contributed by atoms with Gasteiger partial charge in [-0.1, -0.05) is 37.3 Å². The smallest absolute Gasteiger partial charge is 0.321 e. The number of hydrogen-bond acceptors (Lipinski definition) is 4. The van der Waals surface area contributed by atoms with Gasteiger partial charge in [0.1, 0.15) is 0 Å². The molecular formula is C17H21N5OS. The highest BCUT2D eigenvalue weighted by molar-refractivity contribution is 7.22. The van der Waals surface area contributed by atoms with E-state index in [1.807, 2.05) is 42.1 Å². The summed E-state index contributed by atoms with van der Waals surface area (Å²) in [6.45, 7) is 4.84. The number of nitrogens with zero attached hydrogens (tertiary/aromatic N) is 3. The average Bonchev–Trinajstić information content (AvgIpc) is 3.13. The average molecular weight is 343 g/mol. The van der Waals surface area contributed by atoms with Gasteiger partial charge < -0.3 is 5.32 Å². The number of anilines is 1. The van der Waals surface area contributed by atoms with Crippen LogP contribution in [0.4, 0.5) is 9.93 Å². The number of benzene rings is 1. The number of nitrogens with one attached hydrogen (secondary N) is 2. The number of aromatic nitrogens is 3. The third-order valence-corrected chi connectivity index (χ3v) is 4.99. The van der Waals surface area contributed by atoms with E-state index in [0.29, 0.717) is 17.6 Å². The Hall–Kier alpha value is -2.41. The van der Waals surface area contributed by atoms with Crippen molar-refractivity contribution < 1.29 is 4.79 Å². The van der Waals surface area contributed by atoms with E-state index in [0.717, 1.165) is 15.9 Å². The van der Waals surface area contributed by atoms with E-state index in [9.17, 15) is 4.79 Å². The molecule has 0 saturated heterocycles. The van der Waals surface area contributed by atoms with Crippen LogP contribution in [0.1, 0.15) is 25.5 Å². The highest BCUT2D eigenvalue weighted by Gasteiger charge is 2.20. The molecule has 0 aliphatic rings. The fourth-order valence-corrected chi connectivity index (χ4v) is 3.56. The van der Waals surface area contributed by atoms with Crippen molar-refractivity contribution >= 4 is 32.7 Å². The van der Waals surface area contributed by atoms with E-state index in [1.165, 1.54) is 11.3 Å². The van der Waals surface area contributed by atoms with Crippen LogP contribution >= 0.6 is 11.3 Å². The van der Waals surface area contributed by atoms with Crippen molar-refractivity contribution in [3.05, 3.63) is 42.2 Å². The molecule has 3 rings (SSSR count). The maximum Gasteiger partial charge on any atom is 0.321 e. The van der Waals surface area contributed by atoms with Crippen LogP contribution in [-0.2, 0) is 7.05 Å². The van der Waals surface area contributed by atoms with Crippen molar-refractivity contribution in [2.75, 3.05) is 11.9 Å². The van der Waals surface area contributed by atoms with Gasteiger partial charge in [-0.15, -0.1) is 0 Å². The first kappa shape index (κ1) is 16.4. The molecule has 0 aliphatic heterocycles. The highest BCUT2D eigenvalue weighted by atomic mass is 32.1. The van der Waals surface area contributed by atoms with E-state index in [2.05, 4.69) is 34.6 Å². The minimum atomic E-state index is -0.234. The Morgan fingerprint density at radius 1 is 1.29 bits per heavy atom. The first-order valence-corrected chi connectivity index (χ1v) is 8.74. The SMILES string of the molecule is CC(C)[C@@H](CNC(=O)Nc1nc2ccccc2s1)c1ccnn1C. The Morgan fingerprint density at radius 2 is 2.08 bits per heavy atom. The number of aryl methyl sites for hydroxylation is 1. The molecule has 2 amide bonds. The maximum atomic E-state index is 12.2. The fourth-order valence-electron chi connectivity index (χ4n) is 2.70. The molecule has 2 heterocycles. The predicted octanol–water partition coefficient (Wildman–Crippen LogP) is 3.59. The summed E-state index contributed by atoms with van der Waals surface area (Å²) in [6, 6.07) is 9.59. The van der Waals surface area contributed by atoms with Crippen molar-refractivity contribution in [2.45, 2.75) is 19.8 Å². The molecule has 0 radical (unpaired) electrons. The Labute approximate surface area is 144 Å². The second kappa shape index (κ2) is 7.00. The van der Waals surface area contributed by atoms with Crippen molar-refractivity contribution in [1.82, 2.24) is 20.1 Å². The van der Waals surface area contributed by atoms with Crippen LogP contribution in [0.3, 0.4) is 0 Å². The van der Waals surface area contributed by atoms with Crippen LogP contribution in [0.2, 0.25) is 0 Å². The number of fused-ring (bicyclic) bond motifs is 1. The molecule has 126 valence electrons. The highest BCUT2D eigenvalue weighted by Crippen LogP contribution is 2.25. The van der Waals surface area contributed by atoms with E-state index < -0.39 is 0 Å². The van der Waals surface area contributed by atoms with Gasteiger partial charge in [-0.2, -0.15) is 5.10 Å². The number of carbonyl (C=O) groups excluding carboxylic acids is 1. The normalized spacial score (nSPS) is 12.5. The third kappa shape index (κ3) is 3.56. The van der Waals surface area contributed by atoms with Gasteiger partial charge in [0.15, 0.2) is 5.13 Å². The lowest BCUT2D eigenvalue weighted by molar-refractivity contribution is 0.250. The standard InChI is InChI=1S/C17H21N5OS/c1-11(2)12(14-8-9-19-22(14)3)10-18-16(23)21-17-20-13-6-4-5-7-15(13)24-17/h4-9,11-12H,10H2,1-3H3,(H2,18,20,21,23)/t12-/m1/s1. The minimum absolute atomic E-state index is 0.207. The quantitative estimate of drug-likeness (QED) is 0.743. The molecule has 7 heteroatoms. The largest absolute Gasteiger partial charge is 0.337 e. The number of rotatable bonds is 5. The summed E-state index contributed by atoms with van der Waals surface area (Å²) in [5, 5.41) is 10.6. The number of para-hydroxylation sites is 1. The van der Waals surface area contributed by atoms with Gasteiger partial charge in [-0.3, -0.25) is 10.00 Å². The number of urea groups is 1. The van der Waals surface area contributed by atoms with Crippen molar-refractivity contribution in [3.63, 3.8) is 0 Å². The predicted molar refractivity (Wildman–Crippen MR) is 97.4 cm³/mol. The third-order valence-electron chi connectivity index (χ3n) is 4.04. The molecule has 6 nitrogen and oxygen atoms in total. The van der Waals surface area contributed by atoms with Crippen LogP contribution in [-0.4, -0.2) is 27.3 Å². The van der Waals surface area contributed by atoms with E-state index in [-0.39, 0.29) is 11.9 Å². The molecule has 0 fully saturated rings. The van der Waals surface area contributed by atoms with Crippen molar-refractivity contribution in [2.24, 2.45) is 13.0 Å². The van der Waals surface area contributed by atoms with Crippen LogP contribution in [0.15, 0.2) is 36.5 Å². The summed E-state index contributed by atoms with van der Waals surface area (Å²) in [4.78, 5) is 16.6. The molecule has 0 unspecified atom stereocenters. The Morgan fingerprint density at radius 3 is 2.75 bits per heavy atom. The molecule has 1 atom stereocenters. The summed E-state index contributed by atoms with van der Waals surface area (Å²) < 4.78 is 2.92. The molecule has 24 heavy (non-hydrogen) atoms. The monoisotopic (exact) mass is 343 g/mol. The van der Waals surface area contributed by atoms with E-state index in [1.54, 1.807) is 6.20 Å². The maximum absolute atomic E-state index is 12.2. The molecule has 2 aromatic heterocycles.